The lowest BCUT2D eigenvalue weighted by Crippen LogP contribution is -2.52. The molecule has 4 rings (SSSR count). The number of rotatable bonds is 9. The molecular weight excluding hydrogens is 541 g/mol. The Bertz CT molecular complexity index is 1490. The molecule has 3 N–H and O–H groups in total. The number of benzene rings is 3. The molecule has 42 heavy (non-hydrogen) atoms. The van der Waals surface area contributed by atoms with Gasteiger partial charge < -0.3 is 15.7 Å². The fourth-order valence-corrected chi connectivity index (χ4v) is 5.57. The standard InChI is InChI=1S/C32H32FN3O6/c1-18-23(11-6-12-26(18)33)28-24(29(38)19-7-4-9-21(13-19)31(34)40)15-36(17-27(37)35(2)3)16-25(28)30(39)20-8-5-10-22(14-20)32(41)42/h4-14,24-25,28H,15-17H2,1-3H3,(H2,34,40)(H,41,42). The number of carboxylic acids is 1. The van der Waals surface area contributed by atoms with Crippen LogP contribution in [0.25, 0.3) is 0 Å². The zero-order valence-corrected chi connectivity index (χ0v) is 23.5. The van der Waals surface area contributed by atoms with Gasteiger partial charge in [-0.15, -0.1) is 0 Å². The second-order valence-corrected chi connectivity index (χ2v) is 10.7. The first-order valence-corrected chi connectivity index (χ1v) is 13.4. The SMILES string of the molecule is Cc1c(F)cccc1C1C(C(=O)c2cccc(C(N)=O)c2)CN(CC(=O)N(C)C)CC1C(=O)c1cccc(C(=O)O)c1. The van der Waals surface area contributed by atoms with E-state index in [1.807, 2.05) is 0 Å². The number of hydrogen-bond donors (Lipinski definition) is 2. The van der Waals surface area contributed by atoms with Crippen molar-refractivity contribution in [3.63, 3.8) is 0 Å². The van der Waals surface area contributed by atoms with Gasteiger partial charge in [-0.1, -0.05) is 36.4 Å². The summed E-state index contributed by atoms with van der Waals surface area (Å²) in [5.41, 5.74) is 6.57. The number of nitrogens with zero attached hydrogens (tertiary/aromatic N) is 2. The molecule has 9 nitrogen and oxygen atoms in total. The van der Waals surface area contributed by atoms with Gasteiger partial charge in [0.2, 0.25) is 11.8 Å². The van der Waals surface area contributed by atoms with Gasteiger partial charge in [0.15, 0.2) is 11.6 Å². The van der Waals surface area contributed by atoms with Gasteiger partial charge in [-0.25, -0.2) is 9.18 Å². The molecule has 10 heteroatoms. The van der Waals surface area contributed by atoms with Gasteiger partial charge in [-0.3, -0.25) is 24.1 Å². The van der Waals surface area contributed by atoms with Crippen molar-refractivity contribution in [1.29, 1.82) is 0 Å². The number of Topliss-reactive ketones (excluding diaryl/α,β-unsaturated/α-hetero) is 2. The molecular formula is C32H32FN3O6. The number of piperidine rings is 1. The molecule has 0 aliphatic carbocycles. The first-order chi connectivity index (χ1) is 19.9. The van der Waals surface area contributed by atoms with Crippen LogP contribution in [0.1, 0.15) is 58.5 Å². The summed E-state index contributed by atoms with van der Waals surface area (Å²) < 4.78 is 14.9. The van der Waals surface area contributed by atoms with Crippen LogP contribution in [-0.2, 0) is 4.79 Å². The van der Waals surface area contributed by atoms with Crippen molar-refractivity contribution in [1.82, 2.24) is 9.80 Å². The molecule has 218 valence electrons. The van der Waals surface area contributed by atoms with Crippen LogP contribution in [0, 0.1) is 24.6 Å². The third kappa shape index (κ3) is 6.28. The third-order valence-electron chi connectivity index (χ3n) is 7.80. The Morgan fingerprint density at radius 2 is 1.36 bits per heavy atom. The Hall–Kier alpha value is -4.70. The lowest BCUT2D eigenvalue weighted by atomic mass is 9.67. The molecule has 3 atom stereocenters. The molecule has 3 unspecified atom stereocenters. The van der Waals surface area contributed by atoms with Crippen LogP contribution < -0.4 is 5.73 Å². The molecule has 3 aromatic rings. The maximum absolute atomic E-state index is 14.9. The summed E-state index contributed by atoms with van der Waals surface area (Å²) in [7, 11) is 3.20. The molecule has 0 saturated carbocycles. The molecule has 0 bridgehead atoms. The van der Waals surface area contributed by atoms with Crippen molar-refractivity contribution in [2.75, 3.05) is 33.7 Å². The summed E-state index contributed by atoms with van der Waals surface area (Å²) in [6.45, 7) is 1.65. The van der Waals surface area contributed by atoms with Crippen LogP contribution in [-0.4, -0.2) is 78.0 Å². The highest BCUT2D eigenvalue weighted by molar-refractivity contribution is 6.04. The van der Waals surface area contributed by atoms with Gasteiger partial charge in [0.25, 0.3) is 0 Å². The first-order valence-electron chi connectivity index (χ1n) is 13.4. The number of primary amides is 1. The summed E-state index contributed by atoms with van der Waals surface area (Å²) in [4.78, 5) is 67.8. The minimum atomic E-state index is -1.20. The molecule has 1 fully saturated rings. The summed E-state index contributed by atoms with van der Waals surface area (Å²) in [6.07, 6.45) is 0. The molecule has 2 amide bonds. The lowest BCUT2D eigenvalue weighted by Gasteiger charge is -2.43. The number of nitrogens with two attached hydrogens (primary N) is 1. The van der Waals surface area contributed by atoms with Crippen LogP contribution in [0.4, 0.5) is 4.39 Å². The Balaban J connectivity index is 1.89. The van der Waals surface area contributed by atoms with Crippen LogP contribution in [0.15, 0.2) is 66.7 Å². The highest BCUT2D eigenvalue weighted by atomic mass is 19.1. The van der Waals surface area contributed by atoms with Gasteiger partial charge in [0.1, 0.15) is 5.82 Å². The van der Waals surface area contributed by atoms with Gasteiger partial charge in [-0.2, -0.15) is 0 Å². The van der Waals surface area contributed by atoms with E-state index in [4.69, 9.17) is 5.73 Å². The van der Waals surface area contributed by atoms with Crippen molar-refractivity contribution < 1.29 is 33.5 Å². The molecule has 0 aromatic heterocycles. The van der Waals surface area contributed by atoms with E-state index in [2.05, 4.69) is 0 Å². The fraction of sp³-hybridized carbons (Fsp3) is 0.281. The van der Waals surface area contributed by atoms with Crippen molar-refractivity contribution in [2.45, 2.75) is 12.8 Å². The minimum absolute atomic E-state index is 0.0709. The van der Waals surface area contributed by atoms with E-state index in [1.54, 1.807) is 38.1 Å². The van der Waals surface area contributed by atoms with Gasteiger partial charge in [0, 0.05) is 61.6 Å². The van der Waals surface area contributed by atoms with Crippen molar-refractivity contribution in [2.24, 2.45) is 17.6 Å². The van der Waals surface area contributed by atoms with E-state index in [-0.39, 0.29) is 53.4 Å². The van der Waals surface area contributed by atoms with E-state index < -0.39 is 47.0 Å². The number of likely N-dealkylation sites (tertiary alicyclic amines) is 1. The minimum Gasteiger partial charge on any atom is -0.478 e. The number of halogens is 1. The summed E-state index contributed by atoms with van der Waals surface area (Å²) in [6, 6.07) is 16.0. The number of aromatic carboxylic acids is 1. The quantitative estimate of drug-likeness (QED) is 0.374. The average Bonchev–Trinajstić information content (AvgIpc) is 2.97. The lowest BCUT2D eigenvalue weighted by molar-refractivity contribution is -0.130. The van der Waals surface area contributed by atoms with Crippen molar-refractivity contribution in [3.8, 4) is 0 Å². The van der Waals surface area contributed by atoms with E-state index in [1.165, 1.54) is 59.5 Å². The number of carboxylic acid groups (broad SMARTS) is 1. The molecule has 0 spiro atoms. The molecule has 1 aliphatic heterocycles. The molecule has 0 radical (unpaired) electrons. The average molecular weight is 574 g/mol. The Morgan fingerprint density at radius 3 is 1.88 bits per heavy atom. The Kier molecular flexibility index (Phi) is 8.96. The second-order valence-electron chi connectivity index (χ2n) is 10.7. The van der Waals surface area contributed by atoms with Gasteiger partial charge in [0.05, 0.1) is 12.1 Å². The predicted molar refractivity (Wildman–Crippen MR) is 153 cm³/mol. The van der Waals surface area contributed by atoms with Crippen molar-refractivity contribution >= 4 is 29.4 Å². The summed E-state index contributed by atoms with van der Waals surface area (Å²) in [5.74, 6) is -6.17. The highest BCUT2D eigenvalue weighted by Crippen LogP contribution is 2.42. The third-order valence-corrected chi connectivity index (χ3v) is 7.80. The number of carbonyl (C=O) groups excluding carboxylic acids is 4. The summed E-state index contributed by atoms with van der Waals surface area (Å²) >= 11 is 0. The normalized spacial score (nSPS) is 18.7. The Labute approximate surface area is 242 Å². The van der Waals surface area contributed by atoms with Crippen LogP contribution in [0.3, 0.4) is 0 Å². The number of carbonyl (C=O) groups is 5. The maximum Gasteiger partial charge on any atom is 0.335 e. The zero-order valence-electron chi connectivity index (χ0n) is 23.5. The van der Waals surface area contributed by atoms with Crippen LogP contribution >= 0.6 is 0 Å². The number of ketones is 2. The van der Waals surface area contributed by atoms with E-state index in [9.17, 15) is 33.5 Å². The monoisotopic (exact) mass is 573 g/mol. The molecule has 3 aromatic carbocycles. The van der Waals surface area contributed by atoms with Crippen LogP contribution in [0.5, 0.6) is 0 Å². The number of amides is 2. The fourth-order valence-electron chi connectivity index (χ4n) is 5.57. The smallest absolute Gasteiger partial charge is 0.335 e. The zero-order chi connectivity index (χ0) is 30.7. The van der Waals surface area contributed by atoms with E-state index >= 15 is 0 Å². The predicted octanol–water partition coefficient (Wildman–Crippen LogP) is 3.42. The highest BCUT2D eigenvalue weighted by Gasteiger charge is 2.46. The van der Waals surface area contributed by atoms with Gasteiger partial charge >= 0.3 is 5.97 Å². The molecule has 1 heterocycles. The molecule has 1 aliphatic rings. The van der Waals surface area contributed by atoms with E-state index in [0.29, 0.717) is 5.56 Å². The number of likely N-dealkylation sites (N-methyl/N-ethyl adjacent to an activating group) is 1. The van der Waals surface area contributed by atoms with Gasteiger partial charge in [-0.05, 0) is 48.4 Å². The number of hydrogen-bond acceptors (Lipinski definition) is 6. The van der Waals surface area contributed by atoms with Crippen molar-refractivity contribution in [3.05, 3.63) is 106 Å². The maximum atomic E-state index is 14.9. The van der Waals surface area contributed by atoms with E-state index in [0.717, 1.165) is 0 Å². The Morgan fingerprint density at radius 1 is 0.857 bits per heavy atom. The molecule has 1 saturated heterocycles. The topological polar surface area (TPSA) is 138 Å². The summed E-state index contributed by atoms with van der Waals surface area (Å²) in [5, 5.41) is 9.51. The first kappa shape index (κ1) is 30.3. The van der Waals surface area contributed by atoms with Crippen LogP contribution in [0.2, 0.25) is 0 Å². The largest absolute Gasteiger partial charge is 0.478 e. The second kappa shape index (κ2) is 12.4.